The van der Waals surface area contributed by atoms with Crippen LogP contribution >= 0.6 is 11.8 Å². The molecule has 2 saturated heterocycles. The van der Waals surface area contributed by atoms with E-state index in [-0.39, 0.29) is 6.42 Å². The average molecular weight is 343 g/mol. The van der Waals surface area contributed by atoms with E-state index in [1.807, 2.05) is 11.8 Å². The van der Waals surface area contributed by atoms with Gasteiger partial charge in [-0.05, 0) is 68.3 Å². The Kier molecular flexibility index (Phi) is 8.48. The second-order valence-electron chi connectivity index (χ2n) is 6.62. The Balaban J connectivity index is 1.68. The first kappa shape index (κ1) is 18.8. The standard InChI is InChI=1S/C18H30O4S/c19-11-5-6-12-23-13-15-14(16-9-10-17(15)22-16)7-3-1-2-4-8-18(20)21/h1,3,14-17,19H,2,4-13H2,(H,20,21)/b3-1-/t14-,15+,16-,17+/m1/s1. The highest BCUT2D eigenvalue weighted by Gasteiger charge is 2.47. The number of carboxylic acids is 1. The molecule has 2 aliphatic rings. The number of hydrogen-bond donors (Lipinski definition) is 2. The molecule has 2 aliphatic heterocycles. The summed E-state index contributed by atoms with van der Waals surface area (Å²) in [6.07, 6.45) is 12.6. The van der Waals surface area contributed by atoms with Crippen LogP contribution in [0.4, 0.5) is 0 Å². The molecule has 0 amide bonds. The van der Waals surface area contributed by atoms with Crippen LogP contribution in [-0.4, -0.2) is 46.5 Å². The van der Waals surface area contributed by atoms with Crippen molar-refractivity contribution in [2.45, 2.75) is 63.6 Å². The molecule has 0 aromatic heterocycles. The predicted molar refractivity (Wildman–Crippen MR) is 93.8 cm³/mol. The third-order valence-electron chi connectivity index (χ3n) is 4.93. The first-order valence-corrected chi connectivity index (χ1v) is 10.1. The number of fused-ring (bicyclic) bond motifs is 2. The molecule has 5 heteroatoms. The molecule has 23 heavy (non-hydrogen) atoms. The van der Waals surface area contributed by atoms with Crippen molar-refractivity contribution in [2.75, 3.05) is 18.1 Å². The van der Waals surface area contributed by atoms with Gasteiger partial charge in [0, 0.05) is 13.0 Å². The maximum absolute atomic E-state index is 10.5. The Morgan fingerprint density at radius 1 is 1.13 bits per heavy atom. The van der Waals surface area contributed by atoms with Gasteiger partial charge in [0.05, 0.1) is 12.2 Å². The molecule has 132 valence electrons. The van der Waals surface area contributed by atoms with Gasteiger partial charge in [0.25, 0.3) is 0 Å². The number of aliphatic hydroxyl groups is 1. The minimum absolute atomic E-state index is 0.259. The first-order valence-electron chi connectivity index (χ1n) is 8.93. The van der Waals surface area contributed by atoms with Crippen LogP contribution in [0, 0.1) is 11.8 Å². The highest BCUT2D eigenvalue weighted by molar-refractivity contribution is 7.99. The average Bonchev–Trinajstić information content (AvgIpc) is 3.12. The second kappa shape index (κ2) is 10.4. The second-order valence-corrected chi connectivity index (χ2v) is 7.77. The molecular formula is C18H30O4S. The topological polar surface area (TPSA) is 66.8 Å². The lowest BCUT2D eigenvalue weighted by atomic mass is 9.78. The van der Waals surface area contributed by atoms with Gasteiger partial charge in [0.2, 0.25) is 0 Å². The van der Waals surface area contributed by atoms with Crippen molar-refractivity contribution >= 4 is 17.7 Å². The van der Waals surface area contributed by atoms with E-state index in [2.05, 4.69) is 12.2 Å². The number of thioether (sulfide) groups is 1. The quantitative estimate of drug-likeness (QED) is 0.420. The van der Waals surface area contributed by atoms with Crippen LogP contribution in [-0.2, 0) is 9.53 Å². The largest absolute Gasteiger partial charge is 0.481 e. The van der Waals surface area contributed by atoms with Gasteiger partial charge >= 0.3 is 5.97 Å². The van der Waals surface area contributed by atoms with Crippen LogP contribution in [0.15, 0.2) is 12.2 Å². The molecule has 0 aliphatic carbocycles. The van der Waals surface area contributed by atoms with Gasteiger partial charge in [-0.25, -0.2) is 0 Å². The summed E-state index contributed by atoms with van der Waals surface area (Å²) in [6.45, 7) is 0.299. The summed E-state index contributed by atoms with van der Waals surface area (Å²) in [4.78, 5) is 10.5. The Labute approximate surface area is 143 Å². The van der Waals surface area contributed by atoms with Crippen LogP contribution in [0.3, 0.4) is 0 Å². The molecule has 4 atom stereocenters. The monoisotopic (exact) mass is 342 g/mol. The van der Waals surface area contributed by atoms with E-state index in [9.17, 15) is 4.79 Å². The molecule has 0 radical (unpaired) electrons. The Hall–Kier alpha value is -0.520. The van der Waals surface area contributed by atoms with E-state index in [0.29, 0.717) is 30.7 Å². The predicted octanol–water partition coefficient (Wildman–Crippen LogP) is 3.49. The van der Waals surface area contributed by atoms with E-state index in [4.69, 9.17) is 14.9 Å². The van der Waals surface area contributed by atoms with E-state index < -0.39 is 5.97 Å². The van der Waals surface area contributed by atoms with Crippen molar-refractivity contribution in [3.05, 3.63) is 12.2 Å². The van der Waals surface area contributed by atoms with Gasteiger partial charge in [-0.15, -0.1) is 0 Å². The summed E-state index contributed by atoms with van der Waals surface area (Å²) in [5.74, 6) is 2.89. The summed E-state index contributed by atoms with van der Waals surface area (Å²) in [5, 5.41) is 17.5. The van der Waals surface area contributed by atoms with Crippen molar-refractivity contribution < 1.29 is 19.7 Å². The van der Waals surface area contributed by atoms with Gasteiger partial charge in [0.1, 0.15) is 0 Å². The first-order chi connectivity index (χ1) is 11.2. The van der Waals surface area contributed by atoms with Crippen molar-refractivity contribution in [1.82, 2.24) is 0 Å². The normalized spacial score (nSPS) is 29.6. The van der Waals surface area contributed by atoms with Gasteiger partial charge in [-0.3, -0.25) is 4.79 Å². The van der Waals surface area contributed by atoms with Crippen LogP contribution in [0.2, 0.25) is 0 Å². The molecular weight excluding hydrogens is 312 g/mol. The third-order valence-corrected chi connectivity index (χ3v) is 6.13. The van der Waals surface area contributed by atoms with Crippen molar-refractivity contribution in [3.63, 3.8) is 0 Å². The SMILES string of the molecule is O=C(O)CCC/C=C\C[C@@H]1[C@H](CSCCCCO)[C@@H]2CC[C@H]1O2. The summed E-state index contributed by atoms with van der Waals surface area (Å²) in [5.41, 5.74) is 0. The summed E-state index contributed by atoms with van der Waals surface area (Å²) >= 11 is 2.00. The molecule has 2 N–H and O–H groups in total. The van der Waals surface area contributed by atoms with E-state index in [1.54, 1.807) is 0 Å². The maximum atomic E-state index is 10.5. The van der Waals surface area contributed by atoms with E-state index in [1.165, 1.54) is 18.6 Å². The van der Waals surface area contributed by atoms with Gasteiger partial charge < -0.3 is 14.9 Å². The Bertz CT molecular complexity index is 385. The van der Waals surface area contributed by atoms with E-state index in [0.717, 1.165) is 37.9 Å². The molecule has 0 unspecified atom stereocenters. The molecule has 0 aromatic carbocycles. The number of aliphatic carboxylic acids is 1. The number of carbonyl (C=O) groups is 1. The number of ether oxygens (including phenoxy) is 1. The molecule has 2 fully saturated rings. The lowest BCUT2D eigenvalue weighted by Crippen LogP contribution is -2.28. The molecule has 2 rings (SSSR count). The molecule has 0 aromatic rings. The van der Waals surface area contributed by atoms with Crippen LogP contribution in [0.5, 0.6) is 0 Å². The fourth-order valence-electron chi connectivity index (χ4n) is 3.71. The molecule has 0 spiro atoms. The van der Waals surface area contributed by atoms with Crippen LogP contribution < -0.4 is 0 Å². The van der Waals surface area contributed by atoms with E-state index >= 15 is 0 Å². The zero-order valence-corrected chi connectivity index (χ0v) is 14.7. The number of hydrogen-bond acceptors (Lipinski definition) is 4. The smallest absolute Gasteiger partial charge is 0.303 e. The maximum Gasteiger partial charge on any atom is 0.303 e. The zero-order chi connectivity index (χ0) is 16.5. The number of rotatable bonds is 12. The highest BCUT2D eigenvalue weighted by atomic mass is 32.2. The van der Waals surface area contributed by atoms with Crippen LogP contribution in [0.1, 0.15) is 51.4 Å². The molecule has 0 saturated carbocycles. The van der Waals surface area contributed by atoms with Crippen molar-refractivity contribution in [2.24, 2.45) is 11.8 Å². The molecule has 4 nitrogen and oxygen atoms in total. The minimum atomic E-state index is -0.710. The Morgan fingerprint density at radius 3 is 2.65 bits per heavy atom. The molecule has 2 bridgehead atoms. The van der Waals surface area contributed by atoms with Crippen molar-refractivity contribution in [3.8, 4) is 0 Å². The minimum Gasteiger partial charge on any atom is -0.481 e. The number of carboxylic acid groups (broad SMARTS) is 1. The lowest BCUT2D eigenvalue weighted by Gasteiger charge is -2.27. The van der Waals surface area contributed by atoms with Crippen molar-refractivity contribution in [1.29, 1.82) is 0 Å². The Morgan fingerprint density at radius 2 is 1.91 bits per heavy atom. The highest BCUT2D eigenvalue weighted by Crippen LogP contribution is 2.46. The fraction of sp³-hybridized carbons (Fsp3) is 0.833. The lowest BCUT2D eigenvalue weighted by molar-refractivity contribution is -0.137. The fourth-order valence-corrected chi connectivity index (χ4v) is 5.01. The third kappa shape index (κ3) is 6.12. The number of allylic oxidation sites excluding steroid dienone is 2. The van der Waals surface area contributed by atoms with Gasteiger partial charge in [-0.1, -0.05) is 12.2 Å². The summed E-state index contributed by atoms with van der Waals surface area (Å²) in [6, 6.07) is 0. The zero-order valence-electron chi connectivity index (χ0n) is 13.9. The van der Waals surface area contributed by atoms with Gasteiger partial charge in [-0.2, -0.15) is 11.8 Å². The number of aliphatic hydroxyl groups excluding tert-OH is 1. The summed E-state index contributed by atoms with van der Waals surface area (Å²) < 4.78 is 6.12. The molecule has 2 heterocycles. The van der Waals surface area contributed by atoms with Crippen LogP contribution in [0.25, 0.3) is 0 Å². The summed E-state index contributed by atoms with van der Waals surface area (Å²) in [7, 11) is 0. The van der Waals surface area contributed by atoms with Gasteiger partial charge in [0.15, 0.2) is 0 Å². The number of unbranched alkanes of at least 4 members (excludes halogenated alkanes) is 2.